The second-order valence-electron chi connectivity index (χ2n) is 5.97. The summed E-state index contributed by atoms with van der Waals surface area (Å²) in [6, 6.07) is 5.56. The first kappa shape index (κ1) is 14.8. The molecule has 1 aliphatic rings. The van der Waals surface area contributed by atoms with Crippen molar-refractivity contribution in [2.24, 2.45) is 5.73 Å². The van der Waals surface area contributed by atoms with Crippen molar-refractivity contribution < 1.29 is 14.0 Å². The van der Waals surface area contributed by atoms with Crippen LogP contribution in [0.25, 0.3) is 11.5 Å². The summed E-state index contributed by atoms with van der Waals surface area (Å²) in [5, 5.41) is 4.03. The van der Waals surface area contributed by atoms with Crippen molar-refractivity contribution >= 4 is 0 Å². The molecular weight excluding hydrogens is 282 g/mol. The molecule has 3 rings (SSSR count). The highest BCUT2D eigenvalue weighted by molar-refractivity contribution is 5.59. The maximum Gasteiger partial charge on any atom is 0.258 e. The predicted molar refractivity (Wildman–Crippen MR) is 81.8 cm³/mol. The monoisotopic (exact) mass is 303 g/mol. The molecule has 22 heavy (non-hydrogen) atoms. The first-order chi connectivity index (χ1) is 10.5. The van der Waals surface area contributed by atoms with Crippen LogP contribution in [0.1, 0.15) is 38.9 Å². The zero-order chi connectivity index (χ0) is 15.7. The summed E-state index contributed by atoms with van der Waals surface area (Å²) in [5.74, 6) is 2.35. The second kappa shape index (κ2) is 5.61. The van der Waals surface area contributed by atoms with E-state index in [2.05, 4.69) is 10.1 Å². The van der Waals surface area contributed by atoms with E-state index in [1.165, 1.54) is 0 Å². The van der Waals surface area contributed by atoms with Gasteiger partial charge < -0.3 is 19.7 Å². The highest BCUT2D eigenvalue weighted by atomic mass is 16.5. The Morgan fingerprint density at radius 3 is 2.64 bits per heavy atom. The molecular formula is C16H21N3O3. The van der Waals surface area contributed by atoms with E-state index in [9.17, 15) is 0 Å². The molecule has 1 aromatic carbocycles. The molecule has 0 aliphatic heterocycles. The van der Waals surface area contributed by atoms with Crippen LogP contribution in [0.3, 0.4) is 0 Å². The molecule has 6 heteroatoms. The molecule has 0 radical (unpaired) electrons. The average molecular weight is 303 g/mol. The Hall–Kier alpha value is -2.08. The Balaban J connectivity index is 1.88. The van der Waals surface area contributed by atoms with Gasteiger partial charge in [-0.05, 0) is 51.3 Å². The van der Waals surface area contributed by atoms with Crippen molar-refractivity contribution in [1.29, 1.82) is 0 Å². The Morgan fingerprint density at radius 2 is 2.05 bits per heavy atom. The number of nitrogens with two attached hydrogens (primary N) is 1. The van der Waals surface area contributed by atoms with Gasteiger partial charge in [-0.25, -0.2) is 0 Å². The molecule has 0 atom stereocenters. The number of aromatic nitrogens is 2. The van der Waals surface area contributed by atoms with E-state index < -0.39 is 5.54 Å². The normalized spacial score (nSPS) is 16.4. The lowest BCUT2D eigenvalue weighted by molar-refractivity contribution is 0.229. The van der Waals surface area contributed by atoms with Gasteiger partial charge in [0.1, 0.15) is 0 Å². The fourth-order valence-electron chi connectivity index (χ4n) is 2.48. The van der Waals surface area contributed by atoms with E-state index in [-0.39, 0.29) is 6.10 Å². The molecule has 1 heterocycles. The highest BCUT2D eigenvalue weighted by Crippen LogP contribution is 2.38. The fraction of sp³-hybridized carbons (Fsp3) is 0.500. The van der Waals surface area contributed by atoms with Crippen LogP contribution in [-0.4, -0.2) is 23.4 Å². The smallest absolute Gasteiger partial charge is 0.258 e. The summed E-state index contributed by atoms with van der Waals surface area (Å²) in [5.41, 5.74) is 6.58. The third-order valence-corrected chi connectivity index (χ3v) is 3.89. The van der Waals surface area contributed by atoms with Crippen molar-refractivity contribution in [2.45, 2.75) is 44.8 Å². The first-order valence-electron chi connectivity index (χ1n) is 7.50. The molecule has 0 amide bonds. The van der Waals surface area contributed by atoms with Gasteiger partial charge in [0.05, 0.1) is 18.8 Å². The van der Waals surface area contributed by atoms with E-state index in [4.69, 9.17) is 19.7 Å². The van der Waals surface area contributed by atoms with Crippen molar-refractivity contribution in [3.05, 3.63) is 24.0 Å². The van der Waals surface area contributed by atoms with Crippen LogP contribution in [0, 0.1) is 0 Å². The van der Waals surface area contributed by atoms with Gasteiger partial charge in [-0.2, -0.15) is 4.98 Å². The standard InChI is InChI=1S/C16H21N3O3/c1-10(2)21-12-6-5-11(9-13(12)20-3)14-18-15(19-22-14)16(17)7-4-8-16/h5-6,9-10H,4,7-8,17H2,1-3H3. The highest BCUT2D eigenvalue weighted by Gasteiger charge is 2.39. The number of nitrogens with zero attached hydrogens (tertiary/aromatic N) is 2. The molecule has 0 saturated heterocycles. The largest absolute Gasteiger partial charge is 0.493 e. The van der Waals surface area contributed by atoms with Gasteiger partial charge in [0.2, 0.25) is 0 Å². The van der Waals surface area contributed by atoms with Crippen LogP contribution in [-0.2, 0) is 5.54 Å². The number of hydrogen-bond donors (Lipinski definition) is 1. The Morgan fingerprint density at radius 1 is 1.27 bits per heavy atom. The molecule has 1 saturated carbocycles. The van der Waals surface area contributed by atoms with E-state index >= 15 is 0 Å². The van der Waals surface area contributed by atoms with Gasteiger partial charge in [-0.3, -0.25) is 0 Å². The summed E-state index contributed by atoms with van der Waals surface area (Å²) in [7, 11) is 1.61. The lowest BCUT2D eigenvalue weighted by Crippen LogP contribution is -2.44. The summed E-state index contributed by atoms with van der Waals surface area (Å²) in [6.07, 6.45) is 2.98. The number of ether oxygens (including phenoxy) is 2. The van der Waals surface area contributed by atoms with E-state index in [1.807, 2.05) is 32.0 Å². The zero-order valence-electron chi connectivity index (χ0n) is 13.1. The van der Waals surface area contributed by atoms with Crippen LogP contribution in [0.15, 0.2) is 22.7 Å². The minimum absolute atomic E-state index is 0.0745. The fourth-order valence-corrected chi connectivity index (χ4v) is 2.48. The lowest BCUT2D eigenvalue weighted by Gasteiger charge is -2.34. The number of rotatable bonds is 5. The van der Waals surface area contributed by atoms with Gasteiger partial charge >= 0.3 is 0 Å². The Bertz CT molecular complexity index is 662. The van der Waals surface area contributed by atoms with Gasteiger partial charge in [-0.1, -0.05) is 5.16 Å². The topological polar surface area (TPSA) is 83.4 Å². The number of methoxy groups -OCH3 is 1. The molecule has 2 N–H and O–H groups in total. The van der Waals surface area contributed by atoms with Crippen molar-refractivity contribution in [1.82, 2.24) is 10.1 Å². The molecule has 6 nitrogen and oxygen atoms in total. The van der Waals surface area contributed by atoms with Crippen molar-refractivity contribution in [2.75, 3.05) is 7.11 Å². The van der Waals surface area contributed by atoms with E-state index in [0.29, 0.717) is 23.2 Å². The van der Waals surface area contributed by atoms with Crippen molar-refractivity contribution in [3.63, 3.8) is 0 Å². The zero-order valence-corrected chi connectivity index (χ0v) is 13.1. The molecule has 2 aromatic rings. The molecule has 0 unspecified atom stereocenters. The average Bonchev–Trinajstić information content (AvgIpc) is 2.94. The van der Waals surface area contributed by atoms with Crippen LogP contribution in [0.4, 0.5) is 0 Å². The third-order valence-electron chi connectivity index (χ3n) is 3.89. The van der Waals surface area contributed by atoms with Crippen LogP contribution in [0.2, 0.25) is 0 Å². The quantitative estimate of drug-likeness (QED) is 0.914. The van der Waals surface area contributed by atoms with E-state index in [1.54, 1.807) is 7.11 Å². The lowest BCUT2D eigenvalue weighted by atomic mass is 9.77. The predicted octanol–water partition coefficient (Wildman–Crippen LogP) is 2.87. The van der Waals surface area contributed by atoms with Gasteiger partial charge in [0, 0.05) is 5.56 Å². The minimum atomic E-state index is -0.424. The molecule has 1 aliphatic carbocycles. The maximum atomic E-state index is 6.22. The van der Waals surface area contributed by atoms with Gasteiger partial charge in [0.25, 0.3) is 5.89 Å². The molecule has 0 bridgehead atoms. The van der Waals surface area contributed by atoms with Gasteiger partial charge in [0.15, 0.2) is 17.3 Å². The Kier molecular flexibility index (Phi) is 3.78. The molecule has 1 aromatic heterocycles. The van der Waals surface area contributed by atoms with Gasteiger partial charge in [-0.15, -0.1) is 0 Å². The second-order valence-corrected chi connectivity index (χ2v) is 5.97. The first-order valence-corrected chi connectivity index (χ1v) is 7.50. The van der Waals surface area contributed by atoms with E-state index in [0.717, 1.165) is 24.8 Å². The summed E-state index contributed by atoms with van der Waals surface area (Å²) >= 11 is 0. The third kappa shape index (κ3) is 2.66. The summed E-state index contributed by atoms with van der Waals surface area (Å²) in [6.45, 7) is 3.94. The SMILES string of the molecule is COc1cc(-c2nc(C3(N)CCC3)no2)ccc1OC(C)C. The minimum Gasteiger partial charge on any atom is -0.493 e. The van der Waals surface area contributed by atoms with Crippen LogP contribution in [0.5, 0.6) is 11.5 Å². The van der Waals surface area contributed by atoms with Crippen molar-refractivity contribution in [3.8, 4) is 23.0 Å². The molecule has 1 fully saturated rings. The molecule has 118 valence electrons. The summed E-state index contributed by atoms with van der Waals surface area (Å²) < 4.78 is 16.4. The summed E-state index contributed by atoms with van der Waals surface area (Å²) in [4.78, 5) is 4.44. The number of benzene rings is 1. The Labute approximate surface area is 129 Å². The maximum absolute atomic E-state index is 6.22. The molecule has 0 spiro atoms. The van der Waals surface area contributed by atoms with Crippen LogP contribution >= 0.6 is 0 Å². The number of hydrogen-bond acceptors (Lipinski definition) is 6. The van der Waals surface area contributed by atoms with Crippen LogP contribution < -0.4 is 15.2 Å².